The predicted octanol–water partition coefficient (Wildman–Crippen LogP) is 2.89. The lowest BCUT2D eigenvalue weighted by Gasteiger charge is -2.35. The second kappa shape index (κ2) is 7.98. The number of amides is 1. The number of likely N-dealkylation sites (N-methyl/N-ethyl adjacent to an activating group) is 1. The minimum atomic E-state index is -4.55. The quantitative estimate of drug-likeness (QED) is 0.823. The lowest BCUT2D eigenvalue weighted by molar-refractivity contribution is -0.138. The molecule has 4 nitrogen and oxygen atoms in total. The van der Waals surface area contributed by atoms with Crippen molar-refractivity contribution >= 4 is 5.91 Å². The summed E-state index contributed by atoms with van der Waals surface area (Å²) < 4.78 is 45.0. The van der Waals surface area contributed by atoms with Crippen molar-refractivity contribution in [3.05, 3.63) is 35.4 Å². The van der Waals surface area contributed by atoms with Crippen molar-refractivity contribution in [2.24, 2.45) is 0 Å². The zero-order valence-corrected chi connectivity index (χ0v) is 14.0. The molecular weight excluding hydrogens is 321 g/mol. The molecule has 1 aliphatic rings. The van der Waals surface area contributed by atoms with Crippen molar-refractivity contribution in [2.75, 3.05) is 40.4 Å². The van der Waals surface area contributed by atoms with Crippen LogP contribution in [0.1, 0.15) is 28.8 Å². The highest BCUT2D eigenvalue weighted by atomic mass is 19.4. The Bertz CT molecular complexity index is 555. The first-order chi connectivity index (χ1) is 11.3. The fourth-order valence-electron chi connectivity index (χ4n) is 2.83. The summed E-state index contributed by atoms with van der Waals surface area (Å²) in [6.45, 7) is 2.04. The molecule has 24 heavy (non-hydrogen) atoms. The minimum absolute atomic E-state index is 0.0903. The second-order valence-electron chi connectivity index (χ2n) is 6.19. The highest BCUT2D eigenvalue weighted by Crippen LogP contribution is 2.33. The van der Waals surface area contributed by atoms with E-state index in [2.05, 4.69) is 0 Å². The predicted molar refractivity (Wildman–Crippen MR) is 84.9 cm³/mol. The maximum Gasteiger partial charge on any atom is 0.417 e. The number of rotatable bonds is 5. The Morgan fingerprint density at radius 2 is 1.79 bits per heavy atom. The van der Waals surface area contributed by atoms with Gasteiger partial charge in [-0.05, 0) is 39.1 Å². The lowest BCUT2D eigenvalue weighted by atomic mass is 10.0. The van der Waals surface area contributed by atoms with Crippen molar-refractivity contribution < 1.29 is 22.7 Å². The molecule has 2 rings (SSSR count). The molecule has 0 atom stereocenters. The zero-order valence-electron chi connectivity index (χ0n) is 14.0. The van der Waals surface area contributed by atoms with Crippen LogP contribution >= 0.6 is 0 Å². The molecule has 0 aromatic heterocycles. The maximum absolute atomic E-state index is 13.2. The SMILES string of the molecule is CN(C)CCN(C(=O)c1ccccc1C(F)(F)F)C1CCOCC1. The Morgan fingerprint density at radius 1 is 1.17 bits per heavy atom. The Balaban J connectivity index is 2.30. The average Bonchev–Trinajstić information content (AvgIpc) is 2.55. The van der Waals surface area contributed by atoms with Gasteiger partial charge in [0.15, 0.2) is 0 Å². The fourth-order valence-corrected chi connectivity index (χ4v) is 2.83. The summed E-state index contributed by atoms with van der Waals surface area (Å²) in [5.41, 5.74) is -1.16. The summed E-state index contributed by atoms with van der Waals surface area (Å²) in [7, 11) is 3.74. The molecule has 7 heteroatoms. The van der Waals surface area contributed by atoms with Gasteiger partial charge in [0.2, 0.25) is 0 Å². The highest BCUT2D eigenvalue weighted by molar-refractivity contribution is 5.96. The normalized spacial score (nSPS) is 16.4. The van der Waals surface area contributed by atoms with Crippen LogP contribution < -0.4 is 0 Å². The van der Waals surface area contributed by atoms with Crippen molar-refractivity contribution in [1.82, 2.24) is 9.80 Å². The van der Waals surface area contributed by atoms with Gasteiger partial charge in [0.05, 0.1) is 11.1 Å². The third-order valence-corrected chi connectivity index (χ3v) is 4.14. The molecule has 0 radical (unpaired) electrons. The van der Waals surface area contributed by atoms with E-state index >= 15 is 0 Å². The molecule has 0 aliphatic carbocycles. The number of nitrogens with zero attached hydrogens (tertiary/aromatic N) is 2. The van der Waals surface area contributed by atoms with Gasteiger partial charge in [-0.15, -0.1) is 0 Å². The van der Waals surface area contributed by atoms with E-state index in [9.17, 15) is 18.0 Å². The highest BCUT2D eigenvalue weighted by Gasteiger charge is 2.37. The van der Waals surface area contributed by atoms with Gasteiger partial charge in [-0.3, -0.25) is 4.79 Å². The second-order valence-corrected chi connectivity index (χ2v) is 6.19. The van der Waals surface area contributed by atoms with E-state index in [1.165, 1.54) is 18.2 Å². The molecule has 1 aromatic rings. The first kappa shape index (κ1) is 18.7. The summed E-state index contributed by atoms with van der Waals surface area (Å²) in [6.07, 6.45) is -3.25. The minimum Gasteiger partial charge on any atom is -0.381 e. The first-order valence-corrected chi connectivity index (χ1v) is 8.00. The van der Waals surface area contributed by atoms with Crippen LogP contribution in [-0.2, 0) is 10.9 Å². The molecule has 0 saturated carbocycles. The average molecular weight is 344 g/mol. The van der Waals surface area contributed by atoms with E-state index in [0.29, 0.717) is 39.1 Å². The molecule has 0 N–H and O–H groups in total. The molecule has 1 aromatic carbocycles. The third kappa shape index (κ3) is 4.70. The summed E-state index contributed by atoms with van der Waals surface area (Å²) in [4.78, 5) is 16.4. The molecule has 1 aliphatic heterocycles. The van der Waals surface area contributed by atoms with Crippen LogP contribution in [0.5, 0.6) is 0 Å². The Morgan fingerprint density at radius 3 is 2.38 bits per heavy atom. The van der Waals surface area contributed by atoms with E-state index in [0.717, 1.165) is 6.07 Å². The van der Waals surface area contributed by atoms with Crippen molar-refractivity contribution in [1.29, 1.82) is 0 Å². The number of alkyl halides is 3. The number of hydrogen-bond donors (Lipinski definition) is 0. The summed E-state index contributed by atoms with van der Waals surface area (Å²) >= 11 is 0. The molecular formula is C17H23F3N2O2. The molecule has 1 saturated heterocycles. The van der Waals surface area contributed by atoms with Gasteiger partial charge in [0.25, 0.3) is 5.91 Å². The summed E-state index contributed by atoms with van der Waals surface area (Å²) in [5.74, 6) is -0.559. The third-order valence-electron chi connectivity index (χ3n) is 4.14. The maximum atomic E-state index is 13.2. The molecule has 134 valence electrons. The first-order valence-electron chi connectivity index (χ1n) is 8.00. The van der Waals surface area contributed by atoms with Crippen LogP contribution in [0, 0.1) is 0 Å². The molecule has 0 unspecified atom stereocenters. The van der Waals surface area contributed by atoms with Crippen molar-refractivity contribution in [3.63, 3.8) is 0 Å². The largest absolute Gasteiger partial charge is 0.417 e. The number of hydrogen-bond acceptors (Lipinski definition) is 3. The standard InChI is InChI=1S/C17H23F3N2O2/c1-21(2)9-10-22(13-7-11-24-12-8-13)16(23)14-5-3-4-6-15(14)17(18,19)20/h3-6,13H,7-12H2,1-2H3. The molecule has 1 fully saturated rings. The monoisotopic (exact) mass is 344 g/mol. The van der Waals surface area contributed by atoms with Gasteiger partial charge in [-0.25, -0.2) is 0 Å². The van der Waals surface area contributed by atoms with Gasteiger partial charge in [0, 0.05) is 32.3 Å². The van der Waals surface area contributed by atoms with E-state index < -0.39 is 17.6 Å². The zero-order chi connectivity index (χ0) is 17.7. The van der Waals surface area contributed by atoms with Gasteiger partial charge in [-0.1, -0.05) is 12.1 Å². The fraction of sp³-hybridized carbons (Fsp3) is 0.588. The Labute approximate surface area is 140 Å². The molecule has 0 spiro atoms. The number of halogens is 3. The number of ether oxygens (including phenoxy) is 1. The van der Waals surface area contributed by atoms with E-state index in [1.807, 2.05) is 19.0 Å². The molecule has 0 bridgehead atoms. The number of carbonyl (C=O) groups is 1. The smallest absolute Gasteiger partial charge is 0.381 e. The van der Waals surface area contributed by atoms with Crippen LogP contribution in [0.25, 0.3) is 0 Å². The van der Waals surface area contributed by atoms with Crippen LogP contribution in [0.15, 0.2) is 24.3 Å². The van der Waals surface area contributed by atoms with Gasteiger partial charge in [0.1, 0.15) is 0 Å². The number of carbonyl (C=O) groups excluding carboxylic acids is 1. The molecule has 1 heterocycles. The van der Waals surface area contributed by atoms with Crippen LogP contribution in [-0.4, -0.2) is 62.1 Å². The van der Waals surface area contributed by atoms with E-state index in [4.69, 9.17) is 4.74 Å². The van der Waals surface area contributed by atoms with Gasteiger partial charge >= 0.3 is 6.18 Å². The number of benzene rings is 1. The Kier molecular flexibility index (Phi) is 6.23. The van der Waals surface area contributed by atoms with Crippen LogP contribution in [0.4, 0.5) is 13.2 Å². The van der Waals surface area contributed by atoms with E-state index in [-0.39, 0.29) is 11.6 Å². The van der Waals surface area contributed by atoms with Crippen LogP contribution in [0.3, 0.4) is 0 Å². The molecule has 1 amide bonds. The van der Waals surface area contributed by atoms with E-state index in [1.54, 1.807) is 4.90 Å². The topological polar surface area (TPSA) is 32.8 Å². The summed E-state index contributed by atoms with van der Waals surface area (Å²) in [6, 6.07) is 4.90. The lowest BCUT2D eigenvalue weighted by Crippen LogP contribution is -2.46. The van der Waals surface area contributed by atoms with Gasteiger partial charge in [-0.2, -0.15) is 13.2 Å². The van der Waals surface area contributed by atoms with Crippen molar-refractivity contribution in [2.45, 2.75) is 25.1 Å². The van der Waals surface area contributed by atoms with Crippen LogP contribution in [0.2, 0.25) is 0 Å². The van der Waals surface area contributed by atoms with Gasteiger partial charge < -0.3 is 14.5 Å². The van der Waals surface area contributed by atoms with Crippen molar-refractivity contribution in [3.8, 4) is 0 Å². The Hall–Kier alpha value is -1.60. The summed E-state index contributed by atoms with van der Waals surface area (Å²) in [5, 5.41) is 0.